The van der Waals surface area contributed by atoms with Crippen molar-refractivity contribution >= 4 is 16.7 Å². The fourth-order valence-corrected chi connectivity index (χ4v) is 2.06. The average molecular weight is 260 g/mol. The van der Waals surface area contributed by atoms with Crippen LogP contribution in [0.15, 0.2) is 54.9 Å². The largest absolute Gasteiger partial charge is 0.366 e. The minimum absolute atomic E-state index is 0.558. The van der Waals surface area contributed by atoms with Gasteiger partial charge < -0.3 is 5.32 Å². The summed E-state index contributed by atoms with van der Waals surface area (Å²) in [7, 11) is 0. The fourth-order valence-electron chi connectivity index (χ4n) is 2.06. The Hall–Kier alpha value is -2.93. The first-order chi connectivity index (χ1) is 9.86. The normalized spacial score (nSPS) is 10.2. The van der Waals surface area contributed by atoms with Crippen LogP contribution in [0.2, 0.25) is 0 Å². The van der Waals surface area contributed by atoms with Crippen molar-refractivity contribution in [3.05, 3.63) is 66.0 Å². The third-order valence-electron chi connectivity index (χ3n) is 3.07. The van der Waals surface area contributed by atoms with E-state index in [0.29, 0.717) is 12.1 Å². The van der Waals surface area contributed by atoms with Crippen LogP contribution in [-0.4, -0.2) is 9.97 Å². The summed E-state index contributed by atoms with van der Waals surface area (Å²) in [5, 5.41) is 13.1. The summed E-state index contributed by atoms with van der Waals surface area (Å²) >= 11 is 0. The Morgan fingerprint density at radius 2 is 1.95 bits per heavy atom. The molecule has 0 unspecified atom stereocenters. The summed E-state index contributed by atoms with van der Waals surface area (Å²) < 4.78 is 0. The van der Waals surface area contributed by atoms with Gasteiger partial charge in [0.05, 0.1) is 11.1 Å². The van der Waals surface area contributed by atoms with Gasteiger partial charge in [0.2, 0.25) is 0 Å². The van der Waals surface area contributed by atoms with E-state index in [4.69, 9.17) is 5.26 Å². The molecule has 0 spiro atoms. The van der Waals surface area contributed by atoms with Gasteiger partial charge in [-0.2, -0.15) is 5.26 Å². The molecule has 1 aromatic carbocycles. The van der Waals surface area contributed by atoms with Gasteiger partial charge in [-0.3, -0.25) is 4.98 Å². The van der Waals surface area contributed by atoms with Gasteiger partial charge in [0.15, 0.2) is 0 Å². The SMILES string of the molecule is N#Cc1ccc(NCc2cccc3cccnc23)nc1. The van der Waals surface area contributed by atoms with Crippen molar-refractivity contribution in [2.24, 2.45) is 0 Å². The van der Waals surface area contributed by atoms with Crippen LogP contribution >= 0.6 is 0 Å². The highest BCUT2D eigenvalue weighted by Crippen LogP contribution is 2.17. The molecular formula is C16H12N4. The highest BCUT2D eigenvalue weighted by Gasteiger charge is 2.02. The van der Waals surface area contributed by atoms with Gasteiger partial charge in [-0.05, 0) is 23.8 Å². The minimum atomic E-state index is 0.558. The zero-order chi connectivity index (χ0) is 13.8. The monoisotopic (exact) mass is 260 g/mol. The number of para-hydroxylation sites is 1. The number of nitrogens with one attached hydrogen (secondary N) is 1. The molecule has 3 rings (SSSR count). The molecule has 0 saturated carbocycles. The standard InChI is InChI=1S/C16H12N4/c17-9-12-6-7-15(19-10-12)20-11-14-4-1-3-13-5-2-8-18-16(13)14/h1-8,10H,11H2,(H,19,20). The molecule has 2 aromatic heterocycles. The number of rotatable bonds is 3. The molecule has 96 valence electrons. The number of nitriles is 1. The summed E-state index contributed by atoms with van der Waals surface area (Å²) in [5.41, 5.74) is 2.67. The predicted molar refractivity (Wildman–Crippen MR) is 78.0 cm³/mol. The topological polar surface area (TPSA) is 61.6 Å². The first-order valence-corrected chi connectivity index (χ1v) is 6.29. The number of fused-ring (bicyclic) bond motifs is 1. The van der Waals surface area contributed by atoms with Crippen molar-refractivity contribution in [2.75, 3.05) is 5.32 Å². The first kappa shape index (κ1) is 12.1. The molecule has 0 bridgehead atoms. The molecule has 0 atom stereocenters. The first-order valence-electron chi connectivity index (χ1n) is 6.29. The number of pyridine rings is 2. The van der Waals surface area contributed by atoms with Crippen LogP contribution in [0.1, 0.15) is 11.1 Å². The Morgan fingerprint density at radius 1 is 1.05 bits per heavy atom. The lowest BCUT2D eigenvalue weighted by molar-refractivity contribution is 1.11. The van der Waals surface area contributed by atoms with Crippen molar-refractivity contribution in [3.8, 4) is 6.07 Å². The van der Waals surface area contributed by atoms with Crippen molar-refractivity contribution in [1.29, 1.82) is 5.26 Å². The van der Waals surface area contributed by atoms with E-state index < -0.39 is 0 Å². The maximum atomic E-state index is 8.74. The second-order valence-corrected chi connectivity index (χ2v) is 4.39. The second-order valence-electron chi connectivity index (χ2n) is 4.39. The Kier molecular flexibility index (Phi) is 3.25. The summed E-state index contributed by atoms with van der Waals surface area (Å²) in [6, 6.07) is 15.7. The molecule has 0 fully saturated rings. The molecule has 4 heteroatoms. The van der Waals surface area contributed by atoms with Crippen LogP contribution in [0.3, 0.4) is 0 Å². The number of hydrogen-bond acceptors (Lipinski definition) is 4. The van der Waals surface area contributed by atoms with Gasteiger partial charge in [0.1, 0.15) is 11.9 Å². The Morgan fingerprint density at radius 3 is 2.75 bits per heavy atom. The zero-order valence-corrected chi connectivity index (χ0v) is 10.7. The lowest BCUT2D eigenvalue weighted by Gasteiger charge is -2.08. The zero-order valence-electron chi connectivity index (χ0n) is 10.7. The molecule has 0 aliphatic heterocycles. The van der Waals surface area contributed by atoms with Gasteiger partial charge in [0, 0.05) is 24.3 Å². The van der Waals surface area contributed by atoms with E-state index in [0.717, 1.165) is 22.3 Å². The van der Waals surface area contributed by atoms with E-state index >= 15 is 0 Å². The minimum Gasteiger partial charge on any atom is -0.366 e. The number of hydrogen-bond donors (Lipinski definition) is 1. The average Bonchev–Trinajstić information content (AvgIpc) is 2.53. The molecule has 1 N–H and O–H groups in total. The lowest BCUT2D eigenvalue weighted by atomic mass is 10.1. The molecule has 4 nitrogen and oxygen atoms in total. The molecule has 3 aromatic rings. The molecule has 0 saturated heterocycles. The number of aromatic nitrogens is 2. The van der Waals surface area contributed by atoms with Crippen molar-refractivity contribution in [2.45, 2.75) is 6.54 Å². The molecule has 0 aliphatic carbocycles. The smallest absolute Gasteiger partial charge is 0.126 e. The summed E-state index contributed by atoms with van der Waals surface area (Å²) in [6.45, 7) is 0.646. The van der Waals surface area contributed by atoms with Crippen LogP contribution in [0.4, 0.5) is 5.82 Å². The summed E-state index contributed by atoms with van der Waals surface area (Å²) in [5.74, 6) is 0.747. The molecule has 0 aliphatic rings. The lowest BCUT2D eigenvalue weighted by Crippen LogP contribution is -2.02. The van der Waals surface area contributed by atoms with Crippen LogP contribution in [0, 0.1) is 11.3 Å². The highest BCUT2D eigenvalue weighted by atomic mass is 15.0. The van der Waals surface area contributed by atoms with Crippen LogP contribution in [0.25, 0.3) is 10.9 Å². The maximum Gasteiger partial charge on any atom is 0.126 e. The van der Waals surface area contributed by atoms with Gasteiger partial charge in [0.25, 0.3) is 0 Å². The summed E-state index contributed by atoms with van der Waals surface area (Å²) in [6.07, 6.45) is 3.36. The summed E-state index contributed by atoms with van der Waals surface area (Å²) in [4.78, 5) is 8.61. The maximum absolute atomic E-state index is 8.74. The Balaban J connectivity index is 1.81. The van der Waals surface area contributed by atoms with Crippen LogP contribution < -0.4 is 5.32 Å². The van der Waals surface area contributed by atoms with E-state index in [-0.39, 0.29) is 0 Å². The van der Waals surface area contributed by atoms with Gasteiger partial charge in [-0.15, -0.1) is 0 Å². The number of nitrogens with zero attached hydrogens (tertiary/aromatic N) is 3. The van der Waals surface area contributed by atoms with Crippen molar-refractivity contribution < 1.29 is 0 Å². The van der Waals surface area contributed by atoms with E-state index in [1.54, 1.807) is 24.5 Å². The molecule has 0 radical (unpaired) electrons. The third-order valence-corrected chi connectivity index (χ3v) is 3.07. The Labute approximate surface area is 116 Å². The van der Waals surface area contributed by atoms with Crippen LogP contribution in [-0.2, 0) is 6.54 Å². The van der Waals surface area contributed by atoms with Crippen molar-refractivity contribution in [3.63, 3.8) is 0 Å². The van der Waals surface area contributed by atoms with E-state index in [2.05, 4.69) is 21.4 Å². The molecule has 2 heterocycles. The molecular weight excluding hydrogens is 248 g/mol. The second kappa shape index (κ2) is 5.37. The van der Waals surface area contributed by atoms with E-state index in [1.807, 2.05) is 30.3 Å². The van der Waals surface area contributed by atoms with E-state index in [1.165, 1.54) is 0 Å². The number of anilines is 1. The van der Waals surface area contributed by atoms with E-state index in [9.17, 15) is 0 Å². The Bertz CT molecular complexity index is 767. The predicted octanol–water partition coefficient (Wildman–Crippen LogP) is 3.11. The molecule has 20 heavy (non-hydrogen) atoms. The number of benzene rings is 1. The molecule has 0 amide bonds. The van der Waals surface area contributed by atoms with Crippen LogP contribution in [0.5, 0.6) is 0 Å². The third kappa shape index (κ3) is 2.43. The van der Waals surface area contributed by atoms with Gasteiger partial charge in [-0.1, -0.05) is 24.3 Å². The quantitative estimate of drug-likeness (QED) is 0.786. The van der Waals surface area contributed by atoms with Crippen molar-refractivity contribution in [1.82, 2.24) is 9.97 Å². The fraction of sp³-hybridized carbons (Fsp3) is 0.0625. The van der Waals surface area contributed by atoms with Gasteiger partial charge >= 0.3 is 0 Å². The highest BCUT2D eigenvalue weighted by molar-refractivity contribution is 5.81. The van der Waals surface area contributed by atoms with Gasteiger partial charge in [-0.25, -0.2) is 4.98 Å².